The maximum Gasteiger partial charge on any atom is 0.125 e. The Labute approximate surface area is 138 Å². The van der Waals surface area contributed by atoms with Crippen LogP contribution >= 0.6 is 0 Å². The lowest BCUT2D eigenvalue weighted by Gasteiger charge is -2.22. The van der Waals surface area contributed by atoms with Gasteiger partial charge in [-0.15, -0.1) is 6.58 Å². The van der Waals surface area contributed by atoms with E-state index in [-0.39, 0.29) is 11.2 Å². The minimum Gasteiger partial charge on any atom is -0.225 e. The van der Waals surface area contributed by atoms with Crippen molar-refractivity contribution in [1.82, 2.24) is 0 Å². The van der Waals surface area contributed by atoms with Crippen LogP contribution in [-0.4, -0.2) is 11.2 Å². The van der Waals surface area contributed by atoms with Gasteiger partial charge >= 0.3 is 0 Å². The van der Waals surface area contributed by atoms with Gasteiger partial charge in [-0.25, -0.2) is 9.78 Å². The number of fused-ring (bicyclic) bond motifs is 1. The zero-order valence-electron chi connectivity index (χ0n) is 13.9. The average molecular weight is 308 g/mol. The van der Waals surface area contributed by atoms with Crippen molar-refractivity contribution in [2.75, 3.05) is 0 Å². The van der Waals surface area contributed by atoms with E-state index in [0.717, 1.165) is 19.3 Å². The third kappa shape index (κ3) is 2.97. The van der Waals surface area contributed by atoms with Gasteiger partial charge in [0.25, 0.3) is 0 Å². The molecule has 2 unspecified atom stereocenters. The Bertz CT molecular complexity index is 728. The van der Waals surface area contributed by atoms with Crippen molar-refractivity contribution >= 4 is 16.8 Å². The second kappa shape index (κ2) is 6.31. The largest absolute Gasteiger partial charge is 0.225 e. The molecule has 2 aromatic rings. The van der Waals surface area contributed by atoms with Crippen LogP contribution in [-0.2, 0) is 9.78 Å². The van der Waals surface area contributed by atoms with Crippen molar-refractivity contribution in [1.29, 1.82) is 0 Å². The van der Waals surface area contributed by atoms with Crippen molar-refractivity contribution in [2.24, 2.45) is 0 Å². The van der Waals surface area contributed by atoms with Crippen LogP contribution in [0.4, 0.5) is 0 Å². The summed E-state index contributed by atoms with van der Waals surface area (Å²) in [6.45, 7) is 8.15. The van der Waals surface area contributed by atoms with Crippen LogP contribution in [0.2, 0.25) is 0 Å². The Morgan fingerprint density at radius 2 is 1.70 bits per heavy atom. The van der Waals surface area contributed by atoms with E-state index in [1.165, 1.54) is 16.3 Å². The fraction of sp³-hybridized carbons (Fsp3) is 0.333. The maximum atomic E-state index is 5.76. The molecule has 0 spiro atoms. The first-order valence-corrected chi connectivity index (χ1v) is 8.33. The predicted molar refractivity (Wildman–Crippen MR) is 96.0 cm³/mol. The van der Waals surface area contributed by atoms with Gasteiger partial charge in [0.15, 0.2) is 0 Å². The lowest BCUT2D eigenvalue weighted by molar-refractivity contribution is -0.332. The highest BCUT2D eigenvalue weighted by Gasteiger charge is 2.46. The molecule has 1 heterocycles. The summed E-state index contributed by atoms with van der Waals surface area (Å²) >= 11 is 0. The van der Waals surface area contributed by atoms with Crippen LogP contribution in [0.15, 0.2) is 61.2 Å². The molecular weight excluding hydrogens is 284 g/mol. The van der Waals surface area contributed by atoms with Crippen LogP contribution in [0, 0.1) is 0 Å². The number of rotatable bonds is 5. The van der Waals surface area contributed by atoms with Gasteiger partial charge < -0.3 is 0 Å². The van der Waals surface area contributed by atoms with Crippen molar-refractivity contribution in [3.63, 3.8) is 0 Å². The second-order valence-corrected chi connectivity index (χ2v) is 6.29. The van der Waals surface area contributed by atoms with Gasteiger partial charge in [-0.05, 0) is 35.3 Å². The van der Waals surface area contributed by atoms with Crippen LogP contribution in [0.1, 0.15) is 38.7 Å². The van der Waals surface area contributed by atoms with Gasteiger partial charge in [-0.1, -0.05) is 68.5 Å². The Balaban J connectivity index is 1.93. The summed E-state index contributed by atoms with van der Waals surface area (Å²) in [6.07, 6.45) is 8.71. The quantitative estimate of drug-likeness (QED) is 0.522. The zero-order chi connectivity index (χ0) is 16.3. The normalized spacial score (nSPS) is 27.7. The summed E-state index contributed by atoms with van der Waals surface area (Å²) in [5, 5.41) is 2.50. The molecule has 1 fully saturated rings. The van der Waals surface area contributed by atoms with Crippen molar-refractivity contribution in [2.45, 2.75) is 44.3 Å². The molecule has 2 heteroatoms. The van der Waals surface area contributed by atoms with E-state index in [1.54, 1.807) is 0 Å². The highest BCUT2D eigenvalue weighted by molar-refractivity contribution is 5.90. The zero-order valence-corrected chi connectivity index (χ0v) is 13.9. The molecule has 0 radical (unpaired) electrons. The molecule has 0 bridgehead atoms. The first-order chi connectivity index (χ1) is 11.2. The van der Waals surface area contributed by atoms with Crippen molar-refractivity contribution in [3.05, 3.63) is 66.8 Å². The molecule has 0 aliphatic carbocycles. The number of benzene rings is 2. The Morgan fingerprint density at radius 3 is 2.39 bits per heavy atom. The Morgan fingerprint density at radius 1 is 1.00 bits per heavy atom. The van der Waals surface area contributed by atoms with Crippen LogP contribution in [0.25, 0.3) is 16.8 Å². The molecule has 0 aromatic heterocycles. The smallest absolute Gasteiger partial charge is 0.125 e. The molecule has 120 valence electrons. The van der Waals surface area contributed by atoms with E-state index < -0.39 is 0 Å². The van der Waals surface area contributed by atoms with E-state index in [4.69, 9.17) is 9.78 Å². The molecule has 1 aliphatic rings. The Kier molecular flexibility index (Phi) is 4.38. The SMILES string of the molecule is C=CC1(CC)CC(/C=C/c2cccc3ccccc23)(CC)OO1. The van der Waals surface area contributed by atoms with Gasteiger partial charge in [0, 0.05) is 6.42 Å². The molecule has 2 aromatic carbocycles. The van der Waals surface area contributed by atoms with E-state index in [9.17, 15) is 0 Å². The van der Waals surface area contributed by atoms with Gasteiger partial charge in [0.2, 0.25) is 0 Å². The molecular formula is C21H24O2. The predicted octanol–water partition coefficient (Wildman–Crippen LogP) is 5.69. The van der Waals surface area contributed by atoms with Crippen LogP contribution in [0.3, 0.4) is 0 Å². The minimum absolute atomic E-state index is 0.376. The molecule has 0 N–H and O–H groups in total. The summed E-state index contributed by atoms with van der Waals surface area (Å²) in [5.74, 6) is 0. The first kappa shape index (κ1) is 16.0. The standard InChI is InChI=1S/C21H24O2/c1-4-20(5-2)16-21(6-3,23-22-20)15-14-18-12-9-11-17-10-7-8-13-19(17)18/h4,7-15H,1,5-6,16H2,2-3H3/b15-14+. The monoisotopic (exact) mass is 308 g/mol. The topological polar surface area (TPSA) is 18.5 Å². The molecule has 1 aliphatic heterocycles. The fourth-order valence-electron chi connectivity index (χ4n) is 3.19. The molecule has 2 atom stereocenters. The molecule has 1 saturated heterocycles. The maximum absolute atomic E-state index is 5.76. The third-order valence-electron chi connectivity index (χ3n) is 4.93. The molecule has 0 saturated carbocycles. The second-order valence-electron chi connectivity index (χ2n) is 6.29. The molecule has 3 rings (SSSR count). The van der Waals surface area contributed by atoms with Crippen LogP contribution < -0.4 is 0 Å². The van der Waals surface area contributed by atoms with E-state index in [2.05, 4.69) is 75.0 Å². The lowest BCUT2D eigenvalue weighted by Crippen LogP contribution is -2.28. The molecule has 0 amide bonds. The first-order valence-electron chi connectivity index (χ1n) is 8.33. The van der Waals surface area contributed by atoms with Gasteiger partial charge in [0.1, 0.15) is 11.2 Å². The summed E-state index contributed by atoms with van der Waals surface area (Å²) < 4.78 is 0. The summed E-state index contributed by atoms with van der Waals surface area (Å²) in [5.41, 5.74) is 0.437. The Hall–Kier alpha value is -1.90. The van der Waals surface area contributed by atoms with Crippen LogP contribution in [0.5, 0.6) is 0 Å². The molecule has 23 heavy (non-hydrogen) atoms. The number of hydrogen-bond donors (Lipinski definition) is 0. The van der Waals surface area contributed by atoms with E-state index >= 15 is 0 Å². The average Bonchev–Trinajstić information content (AvgIpc) is 3.00. The lowest BCUT2D eigenvalue weighted by atomic mass is 9.84. The van der Waals surface area contributed by atoms with Gasteiger partial charge in [-0.3, -0.25) is 0 Å². The van der Waals surface area contributed by atoms with Crippen molar-refractivity contribution < 1.29 is 9.78 Å². The summed E-state index contributed by atoms with van der Waals surface area (Å²) in [4.78, 5) is 11.4. The highest BCUT2D eigenvalue weighted by atomic mass is 17.2. The highest BCUT2D eigenvalue weighted by Crippen LogP contribution is 2.42. The fourth-order valence-corrected chi connectivity index (χ4v) is 3.19. The summed E-state index contributed by atoms with van der Waals surface area (Å²) in [7, 11) is 0. The van der Waals surface area contributed by atoms with Gasteiger partial charge in [0.05, 0.1) is 0 Å². The minimum atomic E-state index is -0.388. The van der Waals surface area contributed by atoms with E-state index in [0.29, 0.717) is 0 Å². The van der Waals surface area contributed by atoms with Crippen molar-refractivity contribution in [3.8, 4) is 0 Å². The summed E-state index contributed by atoms with van der Waals surface area (Å²) in [6, 6.07) is 14.8. The number of hydrogen-bond acceptors (Lipinski definition) is 2. The third-order valence-corrected chi connectivity index (χ3v) is 4.93. The van der Waals surface area contributed by atoms with Gasteiger partial charge in [-0.2, -0.15) is 0 Å². The van der Waals surface area contributed by atoms with E-state index in [1.807, 2.05) is 6.08 Å². The molecule has 2 nitrogen and oxygen atoms in total.